The van der Waals surface area contributed by atoms with Crippen LogP contribution in [0.5, 0.6) is 0 Å². The van der Waals surface area contributed by atoms with Gasteiger partial charge < -0.3 is 4.74 Å². The van der Waals surface area contributed by atoms with E-state index in [4.69, 9.17) is 4.74 Å². The van der Waals surface area contributed by atoms with E-state index < -0.39 is 0 Å². The number of rotatable bonds is 3. The molecule has 0 aliphatic carbocycles. The summed E-state index contributed by atoms with van der Waals surface area (Å²) in [5.41, 5.74) is 2.32. The summed E-state index contributed by atoms with van der Waals surface area (Å²) in [6.07, 6.45) is 1.01. The van der Waals surface area contributed by atoms with Crippen molar-refractivity contribution in [3.8, 4) is 0 Å². The lowest BCUT2D eigenvalue weighted by molar-refractivity contribution is -0.142. The molecule has 70 valence electrons. The molecule has 2 heteroatoms. The molecule has 1 aromatic carbocycles. The summed E-state index contributed by atoms with van der Waals surface area (Å²) >= 11 is 0. The number of ether oxygens (including phenoxy) is 1. The van der Waals surface area contributed by atoms with E-state index in [0.29, 0.717) is 6.61 Å². The fraction of sp³-hybridized carbons (Fsp3) is 0.364. The second-order valence-corrected chi connectivity index (χ2v) is 2.95. The zero-order valence-corrected chi connectivity index (χ0v) is 8.04. The van der Waals surface area contributed by atoms with Crippen molar-refractivity contribution in [3.63, 3.8) is 0 Å². The molecule has 0 amide bonds. The van der Waals surface area contributed by atoms with E-state index >= 15 is 0 Å². The third-order valence-corrected chi connectivity index (χ3v) is 1.84. The summed E-state index contributed by atoms with van der Waals surface area (Å²) in [6, 6.07) is 8.07. The quantitative estimate of drug-likeness (QED) is 0.664. The van der Waals surface area contributed by atoms with Gasteiger partial charge in [-0.3, -0.25) is 4.79 Å². The molecule has 13 heavy (non-hydrogen) atoms. The molecular weight excluding hydrogens is 164 g/mol. The van der Waals surface area contributed by atoms with Gasteiger partial charge in [-0.15, -0.1) is 0 Å². The van der Waals surface area contributed by atoms with Gasteiger partial charge in [0.2, 0.25) is 0 Å². The minimum absolute atomic E-state index is 0.234. The smallest absolute Gasteiger partial charge is 0.302 e. The van der Waals surface area contributed by atoms with Crippen molar-refractivity contribution in [1.82, 2.24) is 0 Å². The zero-order chi connectivity index (χ0) is 9.68. The Morgan fingerprint density at radius 3 is 2.69 bits per heavy atom. The van der Waals surface area contributed by atoms with Crippen molar-refractivity contribution >= 4 is 5.97 Å². The van der Waals surface area contributed by atoms with E-state index in [0.717, 1.165) is 12.0 Å². The van der Waals surface area contributed by atoms with Gasteiger partial charge in [-0.1, -0.05) is 31.2 Å². The van der Waals surface area contributed by atoms with E-state index in [2.05, 4.69) is 19.1 Å². The molecule has 0 saturated heterocycles. The van der Waals surface area contributed by atoms with Crippen molar-refractivity contribution in [3.05, 3.63) is 35.4 Å². The van der Waals surface area contributed by atoms with E-state index in [-0.39, 0.29) is 5.97 Å². The Hall–Kier alpha value is -1.31. The number of carbonyl (C=O) groups is 1. The average Bonchev–Trinajstić information content (AvgIpc) is 2.15. The second-order valence-electron chi connectivity index (χ2n) is 2.95. The Bertz CT molecular complexity index is 292. The lowest BCUT2D eigenvalue weighted by Gasteiger charge is -2.03. The number of benzene rings is 1. The second kappa shape index (κ2) is 4.65. The highest BCUT2D eigenvalue weighted by Gasteiger charge is 1.96. The SMILES string of the molecule is CCc1cccc(COC(C)=O)c1. The van der Waals surface area contributed by atoms with Crippen molar-refractivity contribution in [2.75, 3.05) is 0 Å². The molecule has 0 unspecified atom stereocenters. The first-order valence-corrected chi connectivity index (χ1v) is 4.43. The van der Waals surface area contributed by atoms with Gasteiger partial charge in [0.1, 0.15) is 6.61 Å². The van der Waals surface area contributed by atoms with Crippen LogP contribution >= 0.6 is 0 Å². The molecular formula is C11H14O2. The fourth-order valence-electron chi connectivity index (χ4n) is 1.12. The third-order valence-electron chi connectivity index (χ3n) is 1.84. The first kappa shape index (κ1) is 9.78. The normalized spacial score (nSPS) is 9.69. The molecule has 0 bridgehead atoms. The van der Waals surface area contributed by atoms with E-state index in [1.165, 1.54) is 12.5 Å². The summed E-state index contributed by atoms with van der Waals surface area (Å²) in [5.74, 6) is -0.234. The van der Waals surface area contributed by atoms with Gasteiger partial charge in [0.25, 0.3) is 0 Å². The first-order valence-electron chi connectivity index (χ1n) is 4.43. The summed E-state index contributed by atoms with van der Waals surface area (Å²) in [6.45, 7) is 3.90. The molecule has 0 fully saturated rings. The van der Waals surface area contributed by atoms with Crippen LogP contribution in [0.15, 0.2) is 24.3 Å². The van der Waals surface area contributed by atoms with Crippen LogP contribution in [0.3, 0.4) is 0 Å². The van der Waals surface area contributed by atoms with Crippen LogP contribution in [-0.2, 0) is 22.6 Å². The minimum Gasteiger partial charge on any atom is -0.461 e. The van der Waals surface area contributed by atoms with Crippen molar-refractivity contribution in [1.29, 1.82) is 0 Å². The predicted octanol–water partition coefficient (Wildman–Crippen LogP) is 2.31. The maximum absolute atomic E-state index is 10.5. The highest BCUT2D eigenvalue weighted by Crippen LogP contribution is 2.07. The van der Waals surface area contributed by atoms with Crippen LogP contribution in [0.1, 0.15) is 25.0 Å². The van der Waals surface area contributed by atoms with Crippen LogP contribution in [0.4, 0.5) is 0 Å². The number of aryl methyl sites for hydroxylation is 1. The highest BCUT2D eigenvalue weighted by atomic mass is 16.5. The molecule has 0 spiro atoms. The number of hydrogen-bond donors (Lipinski definition) is 0. The van der Waals surface area contributed by atoms with Crippen LogP contribution in [-0.4, -0.2) is 5.97 Å². The zero-order valence-electron chi connectivity index (χ0n) is 8.04. The van der Waals surface area contributed by atoms with Crippen LogP contribution < -0.4 is 0 Å². The summed E-state index contributed by atoms with van der Waals surface area (Å²) in [7, 11) is 0. The van der Waals surface area contributed by atoms with E-state index in [1.807, 2.05) is 12.1 Å². The Balaban J connectivity index is 2.61. The monoisotopic (exact) mass is 178 g/mol. The molecule has 0 atom stereocenters. The molecule has 1 aromatic rings. The Morgan fingerprint density at radius 1 is 1.38 bits per heavy atom. The molecule has 0 N–H and O–H groups in total. The highest BCUT2D eigenvalue weighted by molar-refractivity contribution is 5.65. The summed E-state index contributed by atoms with van der Waals surface area (Å²) < 4.78 is 4.89. The number of carbonyl (C=O) groups excluding carboxylic acids is 1. The standard InChI is InChI=1S/C11H14O2/c1-3-10-5-4-6-11(7-10)8-13-9(2)12/h4-7H,3,8H2,1-2H3. The van der Waals surface area contributed by atoms with Crippen molar-refractivity contribution in [2.45, 2.75) is 26.9 Å². The third kappa shape index (κ3) is 3.28. The van der Waals surface area contributed by atoms with Gasteiger partial charge in [0.05, 0.1) is 0 Å². The first-order chi connectivity index (χ1) is 6.22. The van der Waals surface area contributed by atoms with Crippen molar-refractivity contribution < 1.29 is 9.53 Å². The lowest BCUT2D eigenvalue weighted by Crippen LogP contribution is -1.98. The maximum atomic E-state index is 10.5. The molecule has 0 aliphatic heterocycles. The van der Waals surface area contributed by atoms with Gasteiger partial charge in [-0.2, -0.15) is 0 Å². The Labute approximate surface area is 78.5 Å². The summed E-state index contributed by atoms with van der Waals surface area (Å²) in [4.78, 5) is 10.5. The van der Waals surface area contributed by atoms with Gasteiger partial charge in [-0.25, -0.2) is 0 Å². The molecule has 0 aliphatic rings. The molecule has 0 aromatic heterocycles. The predicted molar refractivity (Wildman–Crippen MR) is 51.3 cm³/mol. The Kier molecular flexibility index (Phi) is 3.50. The van der Waals surface area contributed by atoms with Gasteiger partial charge in [0, 0.05) is 6.92 Å². The van der Waals surface area contributed by atoms with Gasteiger partial charge in [0.15, 0.2) is 0 Å². The number of hydrogen-bond acceptors (Lipinski definition) is 2. The Morgan fingerprint density at radius 2 is 2.08 bits per heavy atom. The fourth-order valence-corrected chi connectivity index (χ4v) is 1.12. The minimum atomic E-state index is -0.234. The van der Waals surface area contributed by atoms with E-state index in [9.17, 15) is 4.79 Å². The largest absolute Gasteiger partial charge is 0.461 e. The average molecular weight is 178 g/mol. The van der Waals surface area contributed by atoms with Gasteiger partial charge >= 0.3 is 5.97 Å². The van der Waals surface area contributed by atoms with Crippen molar-refractivity contribution in [2.24, 2.45) is 0 Å². The van der Waals surface area contributed by atoms with Crippen LogP contribution in [0, 0.1) is 0 Å². The lowest BCUT2D eigenvalue weighted by atomic mass is 10.1. The molecule has 0 heterocycles. The van der Waals surface area contributed by atoms with Crippen LogP contribution in [0.2, 0.25) is 0 Å². The molecule has 2 nitrogen and oxygen atoms in total. The summed E-state index contributed by atoms with van der Waals surface area (Å²) in [5, 5.41) is 0. The maximum Gasteiger partial charge on any atom is 0.302 e. The van der Waals surface area contributed by atoms with Crippen LogP contribution in [0.25, 0.3) is 0 Å². The number of esters is 1. The topological polar surface area (TPSA) is 26.3 Å². The molecule has 0 saturated carbocycles. The molecule has 1 rings (SSSR count). The van der Waals surface area contributed by atoms with Gasteiger partial charge in [-0.05, 0) is 17.5 Å². The van der Waals surface area contributed by atoms with E-state index in [1.54, 1.807) is 0 Å². The molecule has 0 radical (unpaired) electrons.